The predicted octanol–water partition coefficient (Wildman–Crippen LogP) is 2.43. The van der Waals surface area contributed by atoms with Crippen LogP contribution in [0.1, 0.15) is 25.7 Å². The number of anilines is 1. The van der Waals surface area contributed by atoms with Gasteiger partial charge >= 0.3 is 11.8 Å². The first kappa shape index (κ1) is 17.7. The molecule has 5 nitrogen and oxygen atoms in total. The molecule has 1 saturated carbocycles. The summed E-state index contributed by atoms with van der Waals surface area (Å²) >= 11 is 5.57. The number of hydrogen-bond donors (Lipinski definition) is 2. The van der Waals surface area contributed by atoms with Crippen molar-refractivity contribution in [3.63, 3.8) is 0 Å². The monoisotopic (exact) mass is 342 g/mol. The van der Waals surface area contributed by atoms with Crippen LogP contribution in [-0.4, -0.2) is 41.5 Å². The van der Waals surface area contributed by atoms with Crippen LogP contribution in [0.2, 0.25) is 5.02 Å². The van der Waals surface area contributed by atoms with Gasteiger partial charge in [-0.2, -0.15) is 0 Å². The molecule has 2 atom stereocenters. The normalized spacial score (nSPS) is 20.9. The van der Waals surface area contributed by atoms with Crippen molar-refractivity contribution in [2.45, 2.75) is 31.8 Å². The molecule has 2 amide bonds. The van der Waals surface area contributed by atoms with Crippen LogP contribution in [0.15, 0.2) is 18.2 Å². The first-order valence-electron chi connectivity index (χ1n) is 7.58. The molecule has 0 bridgehead atoms. The lowest BCUT2D eigenvalue weighted by Crippen LogP contribution is -2.42. The number of aliphatic hydroxyl groups excluding tert-OH is 1. The zero-order valence-electron chi connectivity index (χ0n) is 12.9. The maximum absolute atomic E-state index is 13.3. The maximum Gasteiger partial charge on any atom is 0.313 e. The number of likely N-dealkylation sites (N-methyl/N-ethyl adjacent to an activating group) is 1. The Kier molecular flexibility index (Phi) is 5.96. The molecule has 0 saturated heterocycles. The fraction of sp³-hybridized carbons (Fsp3) is 0.500. The summed E-state index contributed by atoms with van der Waals surface area (Å²) in [5, 5.41) is 12.2. The Hall–Kier alpha value is -1.66. The fourth-order valence-electron chi connectivity index (χ4n) is 2.77. The minimum Gasteiger partial charge on any atom is -0.393 e. The summed E-state index contributed by atoms with van der Waals surface area (Å²) in [6, 6.07) is 3.78. The van der Waals surface area contributed by atoms with E-state index in [1.54, 1.807) is 0 Å². The standard InChI is InChI=1S/C16H20ClFN2O3/c1-20(9-10-4-2-3-5-14(10)21)16(23)15(22)19-11-6-7-12(17)13(18)8-11/h6-8,10,14,21H,2-5,9H2,1H3,(H,19,22). The molecule has 2 N–H and O–H groups in total. The lowest BCUT2D eigenvalue weighted by Gasteiger charge is -2.30. The third-order valence-corrected chi connectivity index (χ3v) is 4.40. The van der Waals surface area contributed by atoms with Gasteiger partial charge in [-0.25, -0.2) is 4.39 Å². The smallest absolute Gasteiger partial charge is 0.313 e. The van der Waals surface area contributed by atoms with Gasteiger partial charge in [-0.15, -0.1) is 0 Å². The van der Waals surface area contributed by atoms with E-state index in [1.807, 2.05) is 0 Å². The van der Waals surface area contributed by atoms with Gasteiger partial charge in [0, 0.05) is 25.2 Å². The van der Waals surface area contributed by atoms with Crippen molar-refractivity contribution in [1.29, 1.82) is 0 Å². The summed E-state index contributed by atoms with van der Waals surface area (Å²) in [5.41, 5.74) is 0.163. The molecule has 0 aliphatic heterocycles. The fourth-order valence-corrected chi connectivity index (χ4v) is 2.89. The van der Waals surface area contributed by atoms with Gasteiger partial charge in [0.05, 0.1) is 11.1 Å². The average molecular weight is 343 g/mol. The van der Waals surface area contributed by atoms with Crippen LogP contribution in [0.5, 0.6) is 0 Å². The van der Waals surface area contributed by atoms with Gasteiger partial charge in [-0.05, 0) is 31.0 Å². The molecule has 0 spiro atoms. The number of hydrogen-bond acceptors (Lipinski definition) is 3. The quantitative estimate of drug-likeness (QED) is 0.829. The molecule has 0 radical (unpaired) electrons. The summed E-state index contributed by atoms with van der Waals surface area (Å²) in [6.07, 6.45) is 3.12. The van der Waals surface area contributed by atoms with E-state index in [0.29, 0.717) is 6.54 Å². The first-order valence-corrected chi connectivity index (χ1v) is 7.96. The molecule has 1 fully saturated rings. The Labute approximate surface area is 139 Å². The molecule has 0 heterocycles. The van der Waals surface area contributed by atoms with Gasteiger partial charge in [0.2, 0.25) is 0 Å². The molecule has 1 aliphatic carbocycles. The van der Waals surface area contributed by atoms with E-state index in [2.05, 4.69) is 5.32 Å². The van der Waals surface area contributed by atoms with Crippen molar-refractivity contribution in [2.75, 3.05) is 18.9 Å². The van der Waals surface area contributed by atoms with Gasteiger partial charge in [0.1, 0.15) is 5.82 Å². The van der Waals surface area contributed by atoms with Crippen LogP contribution in [-0.2, 0) is 9.59 Å². The second kappa shape index (κ2) is 7.75. The largest absolute Gasteiger partial charge is 0.393 e. The first-order chi connectivity index (χ1) is 10.9. The molecule has 1 aromatic rings. The minimum absolute atomic E-state index is 0.0153. The van der Waals surface area contributed by atoms with Gasteiger partial charge < -0.3 is 15.3 Å². The highest BCUT2D eigenvalue weighted by Crippen LogP contribution is 2.25. The lowest BCUT2D eigenvalue weighted by molar-refractivity contribution is -0.143. The molecule has 1 aliphatic rings. The zero-order chi connectivity index (χ0) is 17.0. The van der Waals surface area contributed by atoms with E-state index in [9.17, 15) is 19.1 Å². The van der Waals surface area contributed by atoms with Crippen LogP contribution in [0.25, 0.3) is 0 Å². The SMILES string of the molecule is CN(CC1CCCCC1O)C(=O)C(=O)Nc1ccc(Cl)c(F)c1. The number of nitrogens with one attached hydrogen (secondary N) is 1. The Morgan fingerprint density at radius 2 is 2.09 bits per heavy atom. The summed E-state index contributed by atoms with van der Waals surface area (Å²) in [4.78, 5) is 25.3. The van der Waals surface area contributed by atoms with Crippen molar-refractivity contribution in [1.82, 2.24) is 4.90 Å². The van der Waals surface area contributed by atoms with E-state index in [4.69, 9.17) is 11.6 Å². The van der Waals surface area contributed by atoms with Crippen LogP contribution in [0.3, 0.4) is 0 Å². The summed E-state index contributed by atoms with van der Waals surface area (Å²) in [6.45, 7) is 0.322. The summed E-state index contributed by atoms with van der Waals surface area (Å²) in [7, 11) is 1.52. The zero-order valence-corrected chi connectivity index (χ0v) is 13.6. The number of rotatable bonds is 3. The van der Waals surface area contributed by atoms with Crippen molar-refractivity contribution in [2.24, 2.45) is 5.92 Å². The number of aliphatic hydroxyl groups is 1. The third kappa shape index (κ3) is 4.65. The van der Waals surface area contributed by atoms with Crippen LogP contribution < -0.4 is 5.32 Å². The van der Waals surface area contributed by atoms with Gasteiger partial charge in [-0.3, -0.25) is 9.59 Å². The molecule has 0 aromatic heterocycles. The highest BCUT2D eigenvalue weighted by atomic mass is 35.5. The van der Waals surface area contributed by atoms with Crippen LogP contribution in [0.4, 0.5) is 10.1 Å². The van der Waals surface area contributed by atoms with Gasteiger partial charge in [0.25, 0.3) is 0 Å². The molecule has 7 heteroatoms. The second-order valence-corrected chi connectivity index (χ2v) is 6.29. The second-order valence-electron chi connectivity index (χ2n) is 5.88. The van der Waals surface area contributed by atoms with Gasteiger partial charge in [-0.1, -0.05) is 24.4 Å². The van der Waals surface area contributed by atoms with Crippen LogP contribution >= 0.6 is 11.6 Å². The molecular weight excluding hydrogens is 323 g/mol. The van der Waals surface area contributed by atoms with E-state index in [0.717, 1.165) is 31.7 Å². The predicted molar refractivity (Wildman–Crippen MR) is 85.6 cm³/mol. The highest BCUT2D eigenvalue weighted by molar-refractivity contribution is 6.39. The van der Waals surface area contributed by atoms with E-state index >= 15 is 0 Å². The van der Waals surface area contributed by atoms with Crippen LogP contribution in [0, 0.1) is 11.7 Å². The van der Waals surface area contributed by atoms with Crippen molar-refractivity contribution in [3.05, 3.63) is 29.0 Å². The molecule has 2 unspecified atom stereocenters. The molecular formula is C16H20ClFN2O3. The number of benzene rings is 1. The van der Waals surface area contributed by atoms with E-state index in [-0.39, 0.29) is 16.6 Å². The Morgan fingerprint density at radius 1 is 1.39 bits per heavy atom. The number of amides is 2. The topological polar surface area (TPSA) is 69.6 Å². The maximum atomic E-state index is 13.3. The molecule has 2 rings (SSSR count). The number of nitrogens with zero attached hydrogens (tertiary/aromatic N) is 1. The summed E-state index contributed by atoms with van der Waals surface area (Å²) < 4.78 is 13.3. The molecule has 126 valence electrons. The van der Waals surface area contributed by atoms with Crippen molar-refractivity contribution < 1.29 is 19.1 Å². The number of halogens is 2. The lowest BCUT2D eigenvalue weighted by atomic mass is 9.86. The van der Waals surface area contributed by atoms with Crippen molar-refractivity contribution in [3.8, 4) is 0 Å². The number of carbonyl (C=O) groups excluding carboxylic acids is 2. The van der Waals surface area contributed by atoms with Gasteiger partial charge in [0.15, 0.2) is 0 Å². The summed E-state index contributed by atoms with van der Waals surface area (Å²) in [5.74, 6) is -2.26. The minimum atomic E-state index is -0.848. The Balaban J connectivity index is 1.92. The van der Waals surface area contributed by atoms with E-state index < -0.39 is 23.7 Å². The highest BCUT2D eigenvalue weighted by Gasteiger charge is 2.27. The molecule has 1 aromatic carbocycles. The Morgan fingerprint density at radius 3 is 2.74 bits per heavy atom. The average Bonchev–Trinajstić information content (AvgIpc) is 2.52. The van der Waals surface area contributed by atoms with Crippen molar-refractivity contribution >= 4 is 29.1 Å². The Bertz CT molecular complexity index is 597. The third-order valence-electron chi connectivity index (χ3n) is 4.10. The molecule has 23 heavy (non-hydrogen) atoms. The van der Waals surface area contributed by atoms with E-state index in [1.165, 1.54) is 24.1 Å². The number of carbonyl (C=O) groups is 2.